The maximum absolute atomic E-state index is 6.02. The van der Waals surface area contributed by atoms with Gasteiger partial charge in [-0.3, -0.25) is 0 Å². The molecule has 0 saturated carbocycles. The number of hydrogen-bond donors (Lipinski definition) is 1. The predicted molar refractivity (Wildman–Crippen MR) is 87.2 cm³/mol. The van der Waals surface area contributed by atoms with E-state index in [1.54, 1.807) is 0 Å². The van der Waals surface area contributed by atoms with Crippen molar-refractivity contribution in [2.24, 2.45) is 5.73 Å². The summed E-state index contributed by atoms with van der Waals surface area (Å²) in [6.07, 6.45) is 2.11. The van der Waals surface area contributed by atoms with Crippen LogP contribution in [0.25, 0.3) is 0 Å². The summed E-state index contributed by atoms with van der Waals surface area (Å²) < 4.78 is 0. The second-order valence-electron chi connectivity index (χ2n) is 5.67. The van der Waals surface area contributed by atoms with Crippen LogP contribution in [0.5, 0.6) is 0 Å². The highest BCUT2D eigenvalue weighted by molar-refractivity contribution is 5.35. The lowest BCUT2D eigenvalue weighted by Gasteiger charge is -2.18. The van der Waals surface area contributed by atoms with Gasteiger partial charge in [-0.05, 0) is 55.5 Å². The van der Waals surface area contributed by atoms with Crippen LogP contribution >= 0.6 is 0 Å². The van der Waals surface area contributed by atoms with Crippen LogP contribution in [0.3, 0.4) is 0 Å². The summed E-state index contributed by atoms with van der Waals surface area (Å²) in [5.74, 6) is 0.406. The first-order chi connectivity index (χ1) is 9.63. The smallest absolute Gasteiger partial charge is 0.000419 e. The minimum Gasteiger partial charge on any atom is -0.330 e. The lowest BCUT2D eigenvalue weighted by molar-refractivity contribution is 0.689. The molecule has 2 N–H and O–H groups in total. The van der Waals surface area contributed by atoms with E-state index >= 15 is 0 Å². The molecule has 1 nitrogen and oxygen atoms in total. The molecule has 0 aliphatic rings. The monoisotopic (exact) mass is 267 g/mol. The average molecular weight is 267 g/mol. The number of hydrogen-bond acceptors (Lipinski definition) is 1. The van der Waals surface area contributed by atoms with Crippen LogP contribution < -0.4 is 5.73 Å². The molecule has 0 aromatic heterocycles. The van der Waals surface area contributed by atoms with Gasteiger partial charge in [-0.1, -0.05) is 55.0 Å². The Morgan fingerprint density at radius 2 is 1.60 bits per heavy atom. The van der Waals surface area contributed by atoms with Gasteiger partial charge in [-0.15, -0.1) is 0 Å². The van der Waals surface area contributed by atoms with Crippen LogP contribution in [-0.4, -0.2) is 6.54 Å². The van der Waals surface area contributed by atoms with E-state index in [0.29, 0.717) is 12.5 Å². The van der Waals surface area contributed by atoms with Gasteiger partial charge in [0.25, 0.3) is 0 Å². The van der Waals surface area contributed by atoms with Gasteiger partial charge in [-0.25, -0.2) is 0 Å². The van der Waals surface area contributed by atoms with Crippen LogP contribution in [0, 0.1) is 13.8 Å². The van der Waals surface area contributed by atoms with E-state index in [-0.39, 0.29) is 0 Å². The maximum Gasteiger partial charge on any atom is 0.000419 e. The topological polar surface area (TPSA) is 26.0 Å². The molecule has 0 amide bonds. The third-order valence-corrected chi connectivity index (χ3v) is 4.06. The zero-order valence-electron chi connectivity index (χ0n) is 12.8. The molecule has 2 aromatic carbocycles. The Bertz CT molecular complexity index is 554. The van der Waals surface area contributed by atoms with Gasteiger partial charge in [0.2, 0.25) is 0 Å². The van der Waals surface area contributed by atoms with Crippen molar-refractivity contribution in [3.63, 3.8) is 0 Å². The normalized spacial score (nSPS) is 12.4. The maximum atomic E-state index is 6.02. The van der Waals surface area contributed by atoms with Crippen LogP contribution in [0.4, 0.5) is 0 Å². The first-order valence-electron chi connectivity index (χ1n) is 7.49. The van der Waals surface area contributed by atoms with Gasteiger partial charge < -0.3 is 5.73 Å². The van der Waals surface area contributed by atoms with Crippen molar-refractivity contribution in [2.75, 3.05) is 6.54 Å². The molecule has 0 aliphatic heterocycles. The molecule has 1 unspecified atom stereocenters. The molecule has 1 atom stereocenters. The molecule has 106 valence electrons. The molecular formula is C19H25N. The molecule has 1 heteroatoms. The molecule has 2 rings (SSSR count). The van der Waals surface area contributed by atoms with Gasteiger partial charge >= 0.3 is 0 Å². The second kappa shape index (κ2) is 6.71. The summed E-state index contributed by atoms with van der Waals surface area (Å²) in [6, 6.07) is 15.6. The van der Waals surface area contributed by atoms with Gasteiger partial charge in [0.15, 0.2) is 0 Å². The largest absolute Gasteiger partial charge is 0.330 e. The van der Waals surface area contributed by atoms with E-state index in [9.17, 15) is 0 Å². The molecule has 20 heavy (non-hydrogen) atoms. The molecule has 0 heterocycles. The summed E-state index contributed by atoms with van der Waals surface area (Å²) in [6.45, 7) is 7.20. The van der Waals surface area contributed by atoms with Crippen molar-refractivity contribution in [1.29, 1.82) is 0 Å². The van der Waals surface area contributed by atoms with E-state index < -0.39 is 0 Å². The van der Waals surface area contributed by atoms with Crippen molar-refractivity contribution in [1.82, 2.24) is 0 Å². The zero-order valence-corrected chi connectivity index (χ0v) is 12.8. The highest BCUT2D eigenvalue weighted by atomic mass is 14.5. The van der Waals surface area contributed by atoms with Crippen molar-refractivity contribution >= 4 is 0 Å². The lowest BCUT2D eigenvalue weighted by Crippen LogP contribution is -2.16. The second-order valence-corrected chi connectivity index (χ2v) is 5.67. The van der Waals surface area contributed by atoms with Gasteiger partial charge in [0.05, 0.1) is 0 Å². The van der Waals surface area contributed by atoms with E-state index in [1.165, 1.54) is 27.8 Å². The molecule has 0 spiro atoms. The Labute approximate surface area is 122 Å². The van der Waals surface area contributed by atoms with Crippen molar-refractivity contribution < 1.29 is 0 Å². The summed E-state index contributed by atoms with van der Waals surface area (Å²) in [4.78, 5) is 0. The molecule has 0 bridgehead atoms. The third-order valence-electron chi connectivity index (χ3n) is 4.06. The molecular weight excluding hydrogens is 242 g/mol. The Hall–Kier alpha value is -1.60. The molecule has 0 saturated heterocycles. The number of rotatable bonds is 5. The Morgan fingerprint density at radius 1 is 0.950 bits per heavy atom. The average Bonchev–Trinajstić information content (AvgIpc) is 2.46. The van der Waals surface area contributed by atoms with Gasteiger partial charge in [0.1, 0.15) is 0 Å². The summed E-state index contributed by atoms with van der Waals surface area (Å²) in [5, 5.41) is 0. The predicted octanol–water partition coefficient (Wildman–Crippen LogP) is 4.15. The Kier molecular flexibility index (Phi) is 4.97. The molecule has 0 aliphatic carbocycles. The number of benzene rings is 2. The lowest BCUT2D eigenvalue weighted by atomic mass is 9.88. The van der Waals surface area contributed by atoms with Crippen molar-refractivity contribution in [3.05, 3.63) is 70.3 Å². The van der Waals surface area contributed by atoms with Crippen molar-refractivity contribution in [2.45, 2.75) is 39.5 Å². The Morgan fingerprint density at radius 3 is 2.15 bits per heavy atom. The minimum atomic E-state index is 0.406. The van der Waals surface area contributed by atoms with E-state index in [0.717, 1.165) is 12.8 Å². The number of nitrogens with two attached hydrogens (primary N) is 1. The highest BCUT2D eigenvalue weighted by Gasteiger charge is 2.13. The number of aryl methyl sites for hydroxylation is 3. The van der Waals surface area contributed by atoms with E-state index in [1.807, 2.05) is 0 Å². The first kappa shape index (κ1) is 14.8. The van der Waals surface area contributed by atoms with Crippen LogP contribution in [-0.2, 0) is 12.8 Å². The Balaban J connectivity index is 2.19. The fraction of sp³-hybridized carbons (Fsp3) is 0.368. The van der Waals surface area contributed by atoms with Gasteiger partial charge in [0, 0.05) is 5.92 Å². The minimum absolute atomic E-state index is 0.406. The van der Waals surface area contributed by atoms with Gasteiger partial charge in [-0.2, -0.15) is 0 Å². The molecule has 2 aromatic rings. The quantitative estimate of drug-likeness (QED) is 0.865. The van der Waals surface area contributed by atoms with E-state index in [2.05, 4.69) is 63.2 Å². The molecule has 0 fully saturated rings. The van der Waals surface area contributed by atoms with Crippen LogP contribution in [0.2, 0.25) is 0 Å². The fourth-order valence-corrected chi connectivity index (χ4v) is 2.80. The van der Waals surface area contributed by atoms with Crippen LogP contribution in [0.15, 0.2) is 42.5 Å². The van der Waals surface area contributed by atoms with Crippen molar-refractivity contribution in [3.8, 4) is 0 Å². The zero-order chi connectivity index (χ0) is 14.5. The van der Waals surface area contributed by atoms with Crippen LogP contribution in [0.1, 0.15) is 40.7 Å². The SMILES string of the molecule is CCc1ccc(CC(CN)c2ccc(C)cc2C)cc1. The molecule has 0 radical (unpaired) electrons. The standard InChI is InChI=1S/C19H25N/c1-4-16-6-8-17(9-7-16)12-18(13-20)19-10-5-14(2)11-15(19)3/h5-11,18H,4,12-13,20H2,1-3H3. The summed E-state index contributed by atoms with van der Waals surface area (Å²) >= 11 is 0. The summed E-state index contributed by atoms with van der Waals surface area (Å²) in [5.41, 5.74) is 12.8. The third kappa shape index (κ3) is 3.49. The van der Waals surface area contributed by atoms with E-state index in [4.69, 9.17) is 5.73 Å². The fourth-order valence-electron chi connectivity index (χ4n) is 2.80. The summed E-state index contributed by atoms with van der Waals surface area (Å²) in [7, 11) is 0. The highest BCUT2D eigenvalue weighted by Crippen LogP contribution is 2.24. The first-order valence-corrected chi connectivity index (χ1v) is 7.49.